The summed E-state index contributed by atoms with van der Waals surface area (Å²) in [5, 5.41) is 2.72. The summed E-state index contributed by atoms with van der Waals surface area (Å²) in [7, 11) is 1.36. The monoisotopic (exact) mass is 183 g/mol. The number of carbonyl (C=O) groups excluding carboxylic acids is 2. The fourth-order valence-corrected chi connectivity index (χ4v) is 1.39. The molecule has 2 atom stereocenters. The topological polar surface area (TPSA) is 55.4 Å². The van der Waals surface area contributed by atoms with Crippen molar-refractivity contribution in [2.45, 2.75) is 19.4 Å². The van der Waals surface area contributed by atoms with Crippen molar-refractivity contribution < 1.29 is 14.3 Å². The number of esters is 1. The van der Waals surface area contributed by atoms with Crippen molar-refractivity contribution in [1.82, 2.24) is 5.32 Å². The molecule has 1 rings (SSSR count). The second kappa shape index (κ2) is 4.07. The summed E-state index contributed by atoms with van der Waals surface area (Å²) in [5.74, 6) is -0.536. The van der Waals surface area contributed by atoms with Crippen molar-refractivity contribution in [2.24, 2.45) is 5.92 Å². The summed E-state index contributed by atoms with van der Waals surface area (Å²) in [6.45, 7) is 1.46. The Bertz CT molecular complexity index is 247. The van der Waals surface area contributed by atoms with E-state index in [1.54, 1.807) is 6.08 Å². The minimum absolute atomic E-state index is 0.0263. The third kappa shape index (κ3) is 2.57. The van der Waals surface area contributed by atoms with Gasteiger partial charge >= 0.3 is 5.97 Å². The van der Waals surface area contributed by atoms with Crippen LogP contribution in [-0.2, 0) is 14.3 Å². The van der Waals surface area contributed by atoms with Crippen LogP contribution in [0, 0.1) is 5.92 Å². The van der Waals surface area contributed by atoms with Crippen LogP contribution in [0.4, 0.5) is 0 Å². The molecule has 0 saturated carbocycles. The van der Waals surface area contributed by atoms with Crippen LogP contribution < -0.4 is 5.32 Å². The number of nitrogens with one attached hydrogen (secondary N) is 1. The highest BCUT2D eigenvalue weighted by molar-refractivity contribution is 5.76. The predicted octanol–water partition coefficient (Wildman–Crippen LogP) is 0.240. The number of carbonyl (C=O) groups is 2. The van der Waals surface area contributed by atoms with Gasteiger partial charge in [0.05, 0.1) is 13.0 Å². The number of methoxy groups -OCH3 is 1. The van der Waals surface area contributed by atoms with Gasteiger partial charge in [-0.15, -0.1) is 0 Å². The minimum Gasteiger partial charge on any atom is -0.469 e. The van der Waals surface area contributed by atoms with Crippen molar-refractivity contribution in [1.29, 1.82) is 0 Å². The Morgan fingerprint density at radius 1 is 1.46 bits per heavy atom. The van der Waals surface area contributed by atoms with E-state index in [-0.39, 0.29) is 23.8 Å². The highest BCUT2D eigenvalue weighted by atomic mass is 16.5. The second-order valence-corrected chi connectivity index (χ2v) is 3.06. The van der Waals surface area contributed by atoms with Crippen LogP contribution in [-0.4, -0.2) is 25.0 Å². The van der Waals surface area contributed by atoms with Crippen molar-refractivity contribution in [2.75, 3.05) is 7.11 Å². The number of hydrogen-bond acceptors (Lipinski definition) is 3. The Balaban J connectivity index is 2.42. The molecule has 1 amide bonds. The molecule has 4 nitrogen and oxygen atoms in total. The highest BCUT2D eigenvalue weighted by Gasteiger charge is 2.25. The summed E-state index contributed by atoms with van der Waals surface area (Å²) in [5.41, 5.74) is 0. The molecule has 0 bridgehead atoms. The molecule has 72 valence electrons. The lowest BCUT2D eigenvalue weighted by atomic mass is 10.1. The lowest BCUT2D eigenvalue weighted by Crippen LogP contribution is -2.31. The molecule has 0 unspecified atom stereocenters. The maximum Gasteiger partial charge on any atom is 0.312 e. The van der Waals surface area contributed by atoms with E-state index in [0.29, 0.717) is 6.42 Å². The zero-order valence-corrected chi connectivity index (χ0v) is 7.74. The highest BCUT2D eigenvalue weighted by Crippen LogP contribution is 2.18. The summed E-state index contributed by atoms with van der Waals surface area (Å²) in [6.07, 6.45) is 4.20. The minimum atomic E-state index is -0.246. The van der Waals surface area contributed by atoms with Gasteiger partial charge in [-0.25, -0.2) is 0 Å². The molecule has 0 spiro atoms. The molecule has 1 N–H and O–H groups in total. The number of hydrogen-bond donors (Lipinski definition) is 1. The quantitative estimate of drug-likeness (QED) is 0.493. The van der Waals surface area contributed by atoms with Gasteiger partial charge in [0.1, 0.15) is 0 Å². The summed E-state index contributed by atoms with van der Waals surface area (Å²) in [4.78, 5) is 21.7. The van der Waals surface area contributed by atoms with Gasteiger partial charge in [-0.2, -0.15) is 0 Å². The lowest BCUT2D eigenvalue weighted by Gasteiger charge is -2.10. The maximum absolute atomic E-state index is 11.1. The smallest absolute Gasteiger partial charge is 0.312 e. The van der Waals surface area contributed by atoms with Gasteiger partial charge in [-0.1, -0.05) is 12.2 Å². The number of ether oxygens (including phenoxy) is 1. The van der Waals surface area contributed by atoms with E-state index in [9.17, 15) is 9.59 Å². The molecule has 4 heteroatoms. The Kier molecular flexibility index (Phi) is 3.06. The van der Waals surface area contributed by atoms with Crippen molar-refractivity contribution in [3.05, 3.63) is 12.2 Å². The molecule has 0 aromatic heterocycles. The van der Waals surface area contributed by atoms with Crippen LogP contribution in [0.2, 0.25) is 0 Å². The summed E-state index contributed by atoms with van der Waals surface area (Å²) >= 11 is 0. The second-order valence-electron chi connectivity index (χ2n) is 3.06. The van der Waals surface area contributed by atoms with E-state index >= 15 is 0 Å². The number of rotatable bonds is 2. The first-order chi connectivity index (χ1) is 6.13. The van der Waals surface area contributed by atoms with Gasteiger partial charge in [0.15, 0.2) is 0 Å². The van der Waals surface area contributed by atoms with Gasteiger partial charge < -0.3 is 10.1 Å². The lowest BCUT2D eigenvalue weighted by molar-refractivity contribution is -0.143. The molecule has 0 aromatic carbocycles. The Morgan fingerprint density at radius 2 is 2.15 bits per heavy atom. The van der Waals surface area contributed by atoms with E-state index < -0.39 is 0 Å². The maximum atomic E-state index is 11.1. The van der Waals surface area contributed by atoms with Crippen LogP contribution in [0.3, 0.4) is 0 Å². The van der Waals surface area contributed by atoms with Crippen molar-refractivity contribution in [3.8, 4) is 0 Å². The SMILES string of the molecule is COC(=O)[C@@H]1C=C[C@H](NC(C)=O)C1. The molecular weight excluding hydrogens is 170 g/mol. The first kappa shape index (κ1) is 9.77. The van der Waals surface area contributed by atoms with Gasteiger partial charge in [0.2, 0.25) is 5.91 Å². The third-order valence-electron chi connectivity index (χ3n) is 1.98. The Hall–Kier alpha value is -1.32. The molecule has 0 aromatic rings. The standard InChI is InChI=1S/C9H13NO3/c1-6(11)10-8-4-3-7(5-8)9(12)13-2/h3-4,7-8H,5H2,1-2H3,(H,10,11)/t7-,8+/m1/s1. The van der Waals surface area contributed by atoms with E-state index in [0.717, 1.165) is 0 Å². The predicted molar refractivity (Wildman–Crippen MR) is 46.9 cm³/mol. The zero-order valence-electron chi connectivity index (χ0n) is 7.74. The summed E-state index contributed by atoms with van der Waals surface area (Å²) in [6, 6.07) is -0.0263. The molecule has 0 heterocycles. The molecule has 0 saturated heterocycles. The first-order valence-electron chi connectivity index (χ1n) is 4.16. The van der Waals surface area contributed by atoms with Crippen LogP contribution in [0.25, 0.3) is 0 Å². The van der Waals surface area contributed by atoms with Gasteiger partial charge in [0, 0.05) is 13.0 Å². The van der Waals surface area contributed by atoms with Crippen molar-refractivity contribution >= 4 is 11.9 Å². The fourth-order valence-electron chi connectivity index (χ4n) is 1.39. The van der Waals surface area contributed by atoms with Gasteiger partial charge in [-0.05, 0) is 6.42 Å². The van der Waals surface area contributed by atoms with E-state index in [2.05, 4.69) is 10.1 Å². The first-order valence-corrected chi connectivity index (χ1v) is 4.16. The fraction of sp³-hybridized carbons (Fsp3) is 0.556. The van der Waals surface area contributed by atoms with Crippen LogP contribution in [0.1, 0.15) is 13.3 Å². The molecule has 1 aliphatic carbocycles. The van der Waals surface area contributed by atoms with Crippen LogP contribution in [0.15, 0.2) is 12.2 Å². The van der Waals surface area contributed by atoms with E-state index in [1.807, 2.05) is 6.08 Å². The average Bonchev–Trinajstić information content (AvgIpc) is 2.50. The zero-order chi connectivity index (χ0) is 9.84. The molecule has 0 aliphatic heterocycles. The van der Waals surface area contributed by atoms with Crippen molar-refractivity contribution in [3.63, 3.8) is 0 Å². The normalized spacial score (nSPS) is 25.7. The Labute approximate surface area is 76.9 Å². The van der Waals surface area contributed by atoms with Crippen LogP contribution >= 0.6 is 0 Å². The average molecular weight is 183 g/mol. The van der Waals surface area contributed by atoms with E-state index in [4.69, 9.17) is 0 Å². The van der Waals surface area contributed by atoms with E-state index in [1.165, 1.54) is 14.0 Å². The largest absolute Gasteiger partial charge is 0.469 e. The number of amides is 1. The Morgan fingerprint density at radius 3 is 2.69 bits per heavy atom. The molecule has 13 heavy (non-hydrogen) atoms. The van der Waals surface area contributed by atoms with Gasteiger partial charge in [-0.3, -0.25) is 9.59 Å². The molecule has 0 radical (unpaired) electrons. The molecular formula is C9H13NO3. The molecule has 0 fully saturated rings. The third-order valence-corrected chi connectivity index (χ3v) is 1.98. The molecule has 1 aliphatic rings. The van der Waals surface area contributed by atoms with Crippen LogP contribution in [0.5, 0.6) is 0 Å². The van der Waals surface area contributed by atoms with Gasteiger partial charge in [0.25, 0.3) is 0 Å². The summed E-state index contributed by atoms with van der Waals surface area (Å²) < 4.78 is 4.58.